The van der Waals surface area contributed by atoms with Crippen molar-refractivity contribution in [2.45, 2.75) is 6.18 Å². The Morgan fingerprint density at radius 1 is 1.45 bits per heavy atom. The first kappa shape index (κ1) is 16.6. The number of benzene rings is 1. The van der Waals surface area contributed by atoms with Crippen molar-refractivity contribution in [2.75, 3.05) is 31.0 Å². The number of thioether (sulfide) groups is 1. The molecule has 0 unspecified atom stereocenters. The standard InChI is InChI=1S/C12H16F3N3OS/c1-18(5-6-20-2)11(19)9-7-8(12(13,14)15)3-4-10(9)17-16/h3-4,7,17H,5-6,16H2,1-2H3. The molecule has 3 N–H and O–H groups in total. The minimum absolute atomic E-state index is 0.0917. The molecule has 0 bridgehead atoms. The number of carbonyl (C=O) groups excluding carboxylic acids is 1. The Kier molecular flexibility index (Phi) is 5.70. The molecule has 8 heteroatoms. The first-order chi connectivity index (χ1) is 9.31. The van der Waals surface area contributed by atoms with Gasteiger partial charge in [0.1, 0.15) is 0 Å². The predicted molar refractivity (Wildman–Crippen MR) is 74.6 cm³/mol. The van der Waals surface area contributed by atoms with Gasteiger partial charge < -0.3 is 10.3 Å². The molecule has 0 atom stereocenters. The van der Waals surface area contributed by atoms with E-state index >= 15 is 0 Å². The number of hydrazine groups is 1. The number of nitrogens with one attached hydrogen (secondary N) is 1. The van der Waals surface area contributed by atoms with Gasteiger partial charge in [0, 0.05) is 19.3 Å². The van der Waals surface area contributed by atoms with Crippen LogP contribution in [0.5, 0.6) is 0 Å². The van der Waals surface area contributed by atoms with Crippen molar-refractivity contribution >= 4 is 23.4 Å². The minimum atomic E-state index is -4.50. The second-order valence-electron chi connectivity index (χ2n) is 4.12. The second kappa shape index (κ2) is 6.85. The van der Waals surface area contributed by atoms with Crippen LogP contribution in [0.1, 0.15) is 15.9 Å². The maximum Gasteiger partial charge on any atom is 0.416 e. The Balaban J connectivity index is 3.10. The van der Waals surface area contributed by atoms with Crippen molar-refractivity contribution < 1.29 is 18.0 Å². The lowest BCUT2D eigenvalue weighted by Crippen LogP contribution is -2.30. The summed E-state index contributed by atoms with van der Waals surface area (Å²) < 4.78 is 38.1. The smallest absolute Gasteiger partial charge is 0.341 e. The zero-order chi connectivity index (χ0) is 15.3. The van der Waals surface area contributed by atoms with E-state index in [0.717, 1.165) is 18.2 Å². The van der Waals surface area contributed by atoms with Gasteiger partial charge in [0.15, 0.2) is 0 Å². The molecular weight excluding hydrogens is 291 g/mol. The highest BCUT2D eigenvalue weighted by Gasteiger charge is 2.32. The third-order valence-electron chi connectivity index (χ3n) is 2.71. The van der Waals surface area contributed by atoms with Crippen LogP contribution >= 0.6 is 11.8 Å². The van der Waals surface area contributed by atoms with Gasteiger partial charge in [0.05, 0.1) is 16.8 Å². The van der Waals surface area contributed by atoms with Gasteiger partial charge in [0.2, 0.25) is 0 Å². The molecule has 112 valence electrons. The van der Waals surface area contributed by atoms with E-state index in [4.69, 9.17) is 5.84 Å². The third-order valence-corrected chi connectivity index (χ3v) is 3.30. The van der Waals surface area contributed by atoms with Crippen molar-refractivity contribution in [1.82, 2.24) is 4.90 Å². The van der Waals surface area contributed by atoms with Crippen LogP contribution in [0.4, 0.5) is 18.9 Å². The molecule has 0 aliphatic rings. The lowest BCUT2D eigenvalue weighted by Gasteiger charge is -2.19. The van der Waals surface area contributed by atoms with E-state index in [1.807, 2.05) is 6.26 Å². The molecule has 0 saturated carbocycles. The molecule has 0 aliphatic carbocycles. The van der Waals surface area contributed by atoms with E-state index in [-0.39, 0.29) is 11.3 Å². The number of hydrogen-bond acceptors (Lipinski definition) is 4. The van der Waals surface area contributed by atoms with E-state index in [9.17, 15) is 18.0 Å². The van der Waals surface area contributed by atoms with E-state index < -0.39 is 17.6 Å². The summed E-state index contributed by atoms with van der Waals surface area (Å²) in [6.45, 7) is 0.445. The lowest BCUT2D eigenvalue weighted by molar-refractivity contribution is -0.137. The van der Waals surface area contributed by atoms with Crippen LogP contribution in [0.2, 0.25) is 0 Å². The Hall–Kier alpha value is -1.41. The summed E-state index contributed by atoms with van der Waals surface area (Å²) in [5.74, 6) is 5.44. The third kappa shape index (κ3) is 4.04. The first-order valence-corrected chi connectivity index (χ1v) is 7.13. The SMILES string of the molecule is CSCCN(C)C(=O)c1cc(C(F)(F)F)ccc1NN. The number of nitrogen functional groups attached to an aromatic ring is 1. The fraction of sp³-hybridized carbons (Fsp3) is 0.417. The number of amides is 1. The van der Waals surface area contributed by atoms with Gasteiger partial charge in [-0.3, -0.25) is 10.6 Å². The Morgan fingerprint density at radius 2 is 2.10 bits per heavy atom. The topological polar surface area (TPSA) is 58.4 Å². The van der Waals surface area contributed by atoms with Gasteiger partial charge in [-0.25, -0.2) is 0 Å². The second-order valence-corrected chi connectivity index (χ2v) is 5.11. The fourth-order valence-corrected chi connectivity index (χ4v) is 2.02. The van der Waals surface area contributed by atoms with Crippen molar-refractivity contribution in [3.8, 4) is 0 Å². The van der Waals surface area contributed by atoms with Gasteiger partial charge in [-0.2, -0.15) is 24.9 Å². The summed E-state index contributed by atoms with van der Waals surface area (Å²) in [5, 5.41) is 0. The van der Waals surface area contributed by atoms with Crippen LogP contribution in [-0.4, -0.2) is 36.4 Å². The van der Waals surface area contributed by atoms with Crippen LogP contribution in [0.3, 0.4) is 0 Å². The molecule has 0 heterocycles. The molecule has 0 saturated heterocycles. The van der Waals surface area contributed by atoms with Crippen molar-refractivity contribution in [1.29, 1.82) is 0 Å². The molecular formula is C12H16F3N3OS. The molecule has 1 aromatic rings. The average molecular weight is 307 g/mol. The average Bonchev–Trinajstić information content (AvgIpc) is 2.42. The summed E-state index contributed by atoms with van der Waals surface area (Å²) in [7, 11) is 1.54. The lowest BCUT2D eigenvalue weighted by atomic mass is 10.1. The highest BCUT2D eigenvalue weighted by atomic mass is 32.2. The van der Waals surface area contributed by atoms with Crippen LogP contribution in [-0.2, 0) is 6.18 Å². The van der Waals surface area contributed by atoms with E-state index in [1.54, 1.807) is 18.8 Å². The van der Waals surface area contributed by atoms with Gasteiger partial charge in [0.25, 0.3) is 5.91 Å². The van der Waals surface area contributed by atoms with E-state index in [0.29, 0.717) is 12.3 Å². The number of anilines is 1. The largest absolute Gasteiger partial charge is 0.416 e. The number of nitrogens with zero attached hydrogens (tertiary/aromatic N) is 1. The van der Waals surface area contributed by atoms with Gasteiger partial charge in [-0.05, 0) is 24.5 Å². The molecule has 1 amide bonds. The summed E-state index contributed by atoms with van der Waals surface area (Å²) >= 11 is 1.55. The summed E-state index contributed by atoms with van der Waals surface area (Å²) in [6, 6.07) is 2.85. The van der Waals surface area contributed by atoms with E-state index in [1.165, 1.54) is 4.90 Å². The van der Waals surface area contributed by atoms with Crippen LogP contribution in [0.25, 0.3) is 0 Å². The molecule has 0 aromatic heterocycles. The Morgan fingerprint density at radius 3 is 2.60 bits per heavy atom. The van der Waals surface area contributed by atoms with Crippen molar-refractivity contribution in [3.05, 3.63) is 29.3 Å². The van der Waals surface area contributed by atoms with Gasteiger partial charge in [-0.15, -0.1) is 0 Å². The molecule has 20 heavy (non-hydrogen) atoms. The number of nitrogens with two attached hydrogens (primary N) is 1. The molecule has 1 rings (SSSR count). The Labute approximate surface area is 119 Å². The highest BCUT2D eigenvalue weighted by molar-refractivity contribution is 7.98. The molecule has 4 nitrogen and oxygen atoms in total. The van der Waals surface area contributed by atoms with Gasteiger partial charge >= 0.3 is 6.18 Å². The number of rotatable bonds is 5. The molecule has 1 aromatic carbocycles. The summed E-state index contributed by atoms with van der Waals surface area (Å²) in [5.41, 5.74) is 1.44. The van der Waals surface area contributed by atoms with Crippen molar-refractivity contribution in [3.63, 3.8) is 0 Å². The normalized spacial score (nSPS) is 11.3. The number of hydrogen-bond donors (Lipinski definition) is 2. The van der Waals surface area contributed by atoms with Crippen LogP contribution < -0.4 is 11.3 Å². The van der Waals surface area contributed by atoms with Crippen molar-refractivity contribution in [2.24, 2.45) is 5.84 Å². The summed E-state index contributed by atoms with van der Waals surface area (Å²) in [6.07, 6.45) is -2.62. The minimum Gasteiger partial charge on any atom is -0.341 e. The highest BCUT2D eigenvalue weighted by Crippen LogP contribution is 2.32. The fourth-order valence-electron chi connectivity index (χ4n) is 1.56. The van der Waals surface area contributed by atoms with Crippen LogP contribution in [0, 0.1) is 0 Å². The first-order valence-electron chi connectivity index (χ1n) is 5.73. The molecule has 0 aliphatic heterocycles. The molecule has 0 fully saturated rings. The zero-order valence-electron chi connectivity index (χ0n) is 11.1. The summed E-state index contributed by atoms with van der Waals surface area (Å²) in [4.78, 5) is 13.5. The number of halogens is 3. The Bertz CT molecular complexity index is 480. The maximum absolute atomic E-state index is 12.7. The maximum atomic E-state index is 12.7. The zero-order valence-corrected chi connectivity index (χ0v) is 11.9. The number of carbonyl (C=O) groups is 1. The van der Waals surface area contributed by atoms with E-state index in [2.05, 4.69) is 5.43 Å². The molecule has 0 spiro atoms. The molecule has 0 radical (unpaired) electrons. The van der Waals surface area contributed by atoms with Gasteiger partial charge in [-0.1, -0.05) is 0 Å². The van der Waals surface area contributed by atoms with Crippen LogP contribution in [0.15, 0.2) is 18.2 Å². The quantitative estimate of drug-likeness (QED) is 0.648. The monoisotopic (exact) mass is 307 g/mol. The number of alkyl halides is 3. The predicted octanol–water partition coefficient (Wildman–Crippen LogP) is 2.43.